The van der Waals surface area contributed by atoms with Crippen molar-refractivity contribution in [3.8, 4) is 0 Å². The number of rotatable bonds is 5. The molecule has 2 aromatic rings. The number of nitrogens with one attached hydrogen (secondary N) is 1. The van der Waals surface area contributed by atoms with Crippen molar-refractivity contribution in [1.82, 2.24) is 5.32 Å². The first kappa shape index (κ1) is 14.2. The van der Waals surface area contributed by atoms with Crippen molar-refractivity contribution in [1.29, 1.82) is 0 Å². The van der Waals surface area contributed by atoms with Gasteiger partial charge >= 0.3 is 0 Å². The van der Waals surface area contributed by atoms with Crippen molar-refractivity contribution >= 4 is 33.2 Å². The molecule has 0 spiro atoms. The van der Waals surface area contributed by atoms with E-state index < -0.39 is 0 Å². The predicted octanol–water partition coefficient (Wildman–Crippen LogP) is 3.55. The van der Waals surface area contributed by atoms with Crippen molar-refractivity contribution in [2.75, 3.05) is 6.54 Å². The van der Waals surface area contributed by atoms with Crippen LogP contribution in [0, 0.1) is 5.82 Å². The van der Waals surface area contributed by atoms with Gasteiger partial charge in [0.1, 0.15) is 5.82 Å². The Morgan fingerprint density at radius 2 is 1.95 bits per heavy atom. The summed E-state index contributed by atoms with van der Waals surface area (Å²) in [6.07, 6.45) is 1.11. The second kappa shape index (κ2) is 6.82. The zero-order valence-electron chi connectivity index (χ0n) is 10.2. The number of halogens is 2. The number of thiophene rings is 1. The van der Waals surface area contributed by atoms with E-state index in [0.717, 1.165) is 15.8 Å². The van der Waals surface area contributed by atoms with Crippen LogP contribution in [0.3, 0.4) is 0 Å². The van der Waals surface area contributed by atoms with Crippen LogP contribution in [0.1, 0.15) is 10.4 Å². The summed E-state index contributed by atoms with van der Waals surface area (Å²) in [5.74, 6) is -0.324. The van der Waals surface area contributed by atoms with E-state index in [9.17, 15) is 9.18 Å². The molecule has 100 valence electrons. The van der Waals surface area contributed by atoms with E-state index in [-0.39, 0.29) is 18.1 Å². The van der Waals surface area contributed by atoms with Gasteiger partial charge in [-0.15, -0.1) is 11.3 Å². The minimum atomic E-state index is -0.285. The minimum Gasteiger partial charge on any atom is -0.355 e. The number of hydrogen-bond donors (Lipinski definition) is 1. The number of hydrogen-bond acceptors (Lipinski definition) is 2. The molecule has 0 aliphatic rings. The zero-order chi connectivity index (χ0) is 13.7. The van der Waals surface area contributed by atoms with Gasteiger partial charge in [-0.05, 0) is 52.2 Å². The lowest BCUT2D eigenvalue weighted by Gasteiger charge is -2.04. The molecule has 5 heteroatoms. The Hall–Kier alpha value is -1.20. The first-order chi connectivity index (χ1) is 9.13. The average Bonchev–Trinajstić information content (AvgIpc) is 2.78. The summed E-state index contributed by atoms with van der Waals surface area (Å²) in [6.45, 7) is 0.618. The second-order valence-corrected chi connectivity index (χ2v) is 6.66. The van der Waals surface area contributed by atoms with E-state index in [1.165, 1.54) is 17.0 Å². The smallest absolute Gasteiger partial charge is 0.224 e. The third kappa shape index (κ3) is 4.76. The Bertz CT molecular complexity index is 553. The van der Waals surface area contributed by atoms with E-state index in [0.29, 0.717) is 6.54 Å². The predicted molar refractivity (Wildman–Crippen MR) is 78.8 cm³/mol. The van der Waals surface area contributed by atoms with E-state index in [4.69, 9.17) is 0 Å². The highest BCUT2D eigenvalue weighted by molar-refractivity contribution is 9.11. The molecule has 2 rings (SSSR count). The van der Waals surface area contributed by atoms with Gasteiger partial charge in [0.15, 0.2) is 0 Å². The van der Waals surface area contributed by atoms with Crippen LogP contribution in [0.2, 0.25) is 0 Å². The molecule has 1 amide bonds. The molecular formula is C14H13BrFNOS. The van der Waals surface area contributed by atoms with Gasteiger partial charge in [-0.25, -0.2) is 4.39 Å². The van der Waals surface area contributed by atoms with Crippen molar-refractivity contribution in [3.05, 3.63) is 56.4 Å². The number of benzene rings is 1. The van der Waals surface area contributed by atoms with Gasteiger partial charge in [0, 0.05) is 11.4 Å². The molecule has 0 saturated heterocycles. The van der Waals surface area contributed by atoms with E-state index in [2.05, 4.69) is 21.2 Å². The van der Waals surface area contributed by atoms with Gasteiger partial charge in [0.25, 0.3) is 0 Å². The highest BCUT2D eigenvalue weighted by atomic mass is 79.9. The lowest BCUT2D eigenvalue weighted by molar-refractivity contribution is -0.120. The van der Waals surface area contributed by atoms with Gasteiger partial charge in [0.05, 0.1) is 10.2 Å². The second-order valence-electron chi connectivity index (χ2n) is 4.11. The van der Waals surface area contributed by atoms with Crippen LogP contribution in [0.25, 0.3) is 0 Å². The SMILES string of the molecule is O=C(Cc1ccc(F)cc1)NCCc1ccc(Br)s1. The largest absolute Gasteiger partial charge is 0.355 e. The molecule has 19 heavy (non-hydrogen) atoms. The average molecular weight is 342 g/mol. The van der Waals surface area contributed by atoms with E-state index in [1.807, 2.05) is 12.1 Å². The maximum absolute atomic E-state index is 12.7. The zero-order valence-corrected chi connectivity index (χ0v) is 12.6. The quantitative estimate of drug-likeness (QED) is 0.885. The number of carbonyl (C=O) groups excluding carboxylic acids is 1. The Morgan fingerprint density at radius 1 is 1.21 bits per heavy atom. The summed E-state index contributed by atoms with van der Waals surface area (Å²) < 4.78 is 13.8. The fourth-order valence-corrected chi connectivity index (χ4v) is 3.14. The molecule has 0 atom stereocenters. The van der Waals surface area contributed by atoms with Crippen LogP contribution in [0.5, 0.6) is 0 Å². The standard InChI is InChI=1S/C14H13BrFNOS/c15-13-6-5-12(19-13)7-8-17-14(18)9-10-1-3-11(16)4-2-10/h1-6H,7-9H2,(H,17,18). The molecule has 1 aromatic carbocycles. The van der Waals surface area contributed by atoms with Gasteiger partial charge < -0.3 is 5.32 Å². The van der Waals surface area contributed by atoms with Gasteiger partial charge in [-0.2, -0.15) is 0 Å². The van der Waals surface area contributed by atoms with Crippen molar-refractivity contribution in [3.63, 3.8) is 0 Å². The van der Waals surface area contributed by atoms with Crippen LogP contribution < -0.4 is 5.32 Å². The molecule has 0 saturated carbocycles. The Kier molecular flexibility index (Phi) is 5.10. The first-order valence-electron chi connectivity index (χ1n) is 5.89. The van der Waals surface area contributed by atoms with Crippen LogP contribution in [0.15, 0.2) is 40.2 Å². The van der Waals surface area contributed by atoms with Gasteiger partial charge in [-0.1, -0.05) is 12.1 Å². The summed E-state index contributed by atoms with van der Waals surface area (Å²) in [5.41, 5.74) is 0.817. The summed E-state index contributed by atoms with van der Waals surface area (Å²) in [6, 6.07) is 10.0. The lowest BCUT2D eigenvalue weighted by atomic mass is 10.1. The maximum Gasteiger partial charge on any atom is 0.224 e. The highest BCUT2D eigenvalue weighted by Gasteiger charge is 2.04. The van der Waals surface area contributed by atoms with Crippen LogP contribution >= 0.6 is 27.3 Å². The fraction of sp³-hybridized carbons (Fsp3) is 0.214. The molecular weight excluding hydrogens is 329 g/mol. The monoisotopic (exact) mass is 341 g/mol. The first-order valence-corrected chi connectivity index (χ1v) is 7.50. The molecule has 1 aromatic heterocycles. The molecule has 0 unspecified atom stereocenters. The van der Waals surface area contributed by atoms with Crippen LogP contribution in [0.4, 0.5) is 4.39 Å². The molecule has 0 aliphatic heterocycles. The van der Waals surface area contributed by atoms with Crippen LogP contribution in [-0.2, 0) is 17.6 Å². The summed E-state index contributed by atoms with van der Waals surface area (Å²) in [7, 11) is 0. The summed E-state index contributed by atoms with van der Waals surface area (Å²) >= 11 is 5.07. The van der Waals surface area contributed by atoms with E-state index in [1.54, 1.807) is 23.5 Å². The molecule has 0 fully saturated rings. The normalized spacial score (nSPS) is 10.4. The third-order valence-electron chi connectivity index (χ3n) is 2.60. The summed E-state index contributed by atoms with van der Waals surface area (Å²) in [5, 5.41) is 2.86. The molecule has 2 nitrogen and oxygen atoms in total. The Morgan fingerprint density at radius 3 is 2.58 bits per heavy atom. The molecule has 1 heterocycles. The maximum atomic E-state index is 12.7. The number of carbonyl (C=O) groups is 1. The molecule has 1 N–H and O–H groups in total. The van der Waals surface area contributed by atoms with Gasteiger partial charge in [0.2, 0.25) is 5.91 Å². The topological polar surface area (TPSA) is 29.1 Å². The number of amides is 1. The van der Waals surface area contributed by atoms with Crippen LogP contribution in [-0.4, -0.2) is 12.5 Å². The highest BCUT2D eigenvalue weighted by Crippen LogP contribution is 2.22. The third-order valence-corrected chi connectivity index (χ3v) is 4.28. The molecule has 0 radical (unpaired) electrons. The van der Waals surface area contributed by atoms with Gasteiger partial charge in [-0.3, -0.25) is 4.79 Å². The van der Waals surface area contributed by atoms with Crippen molar-refractivity contribution in [2.45, 2.75) is 12.8 Å². The summed E-state index contributed by atoms with van der Waals surface area (Å²) in [4.78, 5) is 12.9. The molecule has 0 aliphatic carbocycles. The fourth-order valence-electron chi connectivity index (χ4n) is 1.66. The Balaban J connectivity index is 1.74. The lowest BCUT2D eigenvalue weighted by Crippen LogP contribution is -2.27. The van der Waals surface area contributed by atoms with E-state index >= 15 is 0 Å². The van der Waals surface area contributed by atoms with Crippen molar-refractivity contribution in [2.24, 2.45) is 0 Å². The molecule has 0 bridgehead atoms. The van der Waals surface area contributed by atoms with Crippen molar-refractivity contribution < 1.29 is 9.18 Å². The Labute approximate surface area is 123 Å². The minimum absolute atomic E-state index is 0.0396.